The number of carbonyl (C=O) groups excluding carboxylic acids is 1. The molecule has 0 aliphatic carbocycles. The van der Waals surface area contributed by atoms with Gasteiger partial charge in [-0.05, 0) is 23.7 Å². The van der Waals surface area contributed by atoms with Crippen molar-refractivity contribution in [2.24, 2.45) is 5.92 Å². The topological polar surface area (TPSA) is 17.1 Å². The van der Waals surface area contributed by atoms with Crippen molar-refractivity contribution in [2.45, 2.75) is 26.7 Å². The molecule has 0 spiro atoms. The number of hydrogen-bond acceptors (Lipinski definition) is 2. The zero-order chi connectivity index (χ0) is 8.69. The number of ketones is 1. The molecule has 0 radical (unpaired) electrons. The van der Waals surface area contributed by atoms with Crippen molar-refractivity contribution in [3.8, 4) is 0 Å². The highest BCUT2D eigenvalue weighted by Gasteiger charge is 2.02. The molecule has 0 fully saturated rings. The summed E-state index contributed by atoms with van der Waals surface area (Å²) >= 11 is 1.56. The van der Waals surface area contributed by atoms with Crippen LogP contribution in [-0.2, 0) is 4.79 Å². The Kier molecular flexibility index (Phi) is 6.33. The Morgan fingerprint density at radius 1 is 1.64 bits per heavy atom. The van der Waals surface area contributed by atoms with Crippen LogP contribution in [0.25, 0.3) is 0 Å². The molecule has 0 amide bonds. The van der Waals surface area contributed by atoms with E-state index in [0.29, 0.717) is 12.3 Å². The Bertz CT molecular complexity index is 140. The largest absolute Gasteiger partial charge is 0.295 e. The van der Waals surface area contributed by atoms with Gasteiger partial charge in [0, 0.05) is 6.42 Å². The normalized spacial score (nSPS) is 13.7. The van der Waals surface area contributed by atoms with Crippen LogP contribution in [0, 0.1) is 5.92 Å². The van der Waals surface area contributed by atoms with E-state index in [-0.39, 0.29) is 5.78 Å². The predicted octanol–water partition coefficient (Wildman–Crippen LogP) is 2.87. The summed E-state index contributed by atoms with van der Waals surface area (Å²) in [6.07, 6.45) is 5.39. The number of thioether (sulfide) groups is 1. The Labute approximate surface area is 73.3 Å². The average Bonchev–Trinajstić information content (AvgIpc) is 2.00. The van der Waals surface area contributed by atoms with Gasteiger partial charge in [0.25, 0.3) is 0 Å². The van der Waals surface area contributed by atoms with Gasteiger partial charge in [0.1, 0.15) is 0 Å². The molecule has 0 aromatic carbocycles. The Morgan fingerprint density at radius 3 is 2.73 bits per heavy atom. The Hall–Kier alpha value is -0.240. The van der Waals surface area contributed by atoms with Crippen molar-refractivity contribution < 1.29 is 4.79 Å². The van der Waals surface area contributed by atoms with Gasteiger partial charge in [-0.1, -0.05) is 20.3 Å². The van der Waals surface area contributed by atoms with Crippen molar-refractivity contribution in [1.82, 2.24) is 0 Å². The molecule has 0 saturated heterocycles. The molecular weight excluding hydrogens is 156 g/mol. The maximum absolute atomic E-state index is 11.1. The molecule has 1 unspecified atom stereocenters. The fraction of sp³-hybridized carbons (Fsp3) is 0.667. The second kappa shape index (κ2) is 6.47. The fourth-order valence-corrected chi connectivity index (χ4v) is 0.988. The molecule has 0 bridgehead atoms. The zero-order valence-electron chi connectivity index (χ0n) is 7.46. The van der Waals surface area contributed by atoms with Crippen LogP contribution in [-0.4, -0.2) is 12.0 Å². The minimum absolute atomic E-state index is 0.244. The monoisotopic (exact) mass is 172 g/mol. The lowest BCUT2D eigenvalue weighted by Gasteiger charge is -2.02. The number of allylic oxidation sites excluding steroid dienone is 1. The molecule has 0 aliphatic rings. The molecule has 0 aromatic heterocycles. The van der Waals surface area contributed by atoms with Crippen LogP contribution in [0.2, 0.25) is 0 Å². The second-order valence-electron chi connectivity index (χ2n) is 2.72. The quantitative estimate of drug-likeness (QED) is 0.593. The van der Waals surface area contributed by atoms with Crippen LogP contribution < -0.4 is 0 Å². The fourth-order valence-electron chi connectivity index (χ4n) is 0.700. The SMILES string of the molecule is CCC(C)CC(=O)/C=C/SC. The van der Waals surface area contributed by atoms with Crippen molar-refractivity contribution in [3.63, 3.8) is 0 Å². The van der Waals surface area contributed by atoms with E-state index in [0.717, 1.165) is 6.42 Å². The van der Waals surface area contributed by atoms with Gasteiger partial charge in [-0.2, -0.15) is 0 Å². The first-order valence-electron chi connectivity index (χ1n) is 3.92. The average molecular weight is 172 g/mol. The molecule has 0 saturated carbocycles. The maximum atomic E-state index is 11.1. The summed E-state index contributed by atoms with van der Waals surface area (Å²) in [4.78, 5) is 11.1. The summed E-state index contributed by atoms with van der Waals surface area (Å²) < 4.78 is 0. The molecule has 0 N–H and O–H groups in total. The van der Waals surface area contributed by atoms with Crippen LogP contribution in [0.4, 0.5) is 0 Å². The first kappa shape index (κ1) is 10.8. The van der Waals surface area contributed by atoms with Crippen LogP contribution in [0.1, 0.15) is 26.7 Å². The van der Waals surface area contributed by atoms with Gasteiger partial charge in [0.05, 0.1) is 0 Å². The van der Waals surface area contributed by atoms with E-state index in [4.69, 9.17) is 0 Å². The molecular formula is C9H16OS. The molecule has 0 heterocycles. The second-order valence-corrected chi connectivity index (χ2v) is 3.47. The maximum Gasteiger partial charge on any atom is 0.156 e. The first-order chi connectivity index (χ1) is 5.20. The first-order valence-corrected chi connectivity index (χ1v) is 5.21. The Morgan fingerprint density at radius 2 is 2.27 bits per heavy atom. The van der Waals surface area contributed by atoms with E-state index in [9.17, 15) is 4.79 Å². The minimum atomic E-state index is 0.244. The molecule has 0 aromatic rings. The smallest absolute Gasteiger partial charge is 0.156 e. The van der Waals surface area contributed by atoms with Crippen molar-refractivity contribution in [2.75, 3.05) is 6.26 Å². The number of hydrogen-bond donors (Lipinski definition) is 0. The highest BCUT2D eigenvalue weighted by Crippen LogP contribution is 2.07. The van der Waals surface area contributed by atoms with E-state index in [1.54, 1.807) is 17.8 Å². The summed E-state index contributed by atoms with van der Waals surface area (Å²) in [6, 6.07) is 0. The lowest BCUT2D eigenvalue weighted by molar-refractivity contribution is -0.115. The lowest BCUT2D eigenvalue weighted by atomic mass is 10.0. The third-order valence-electron chi connectivity index (χ3n) is 1.64. The molecule has 1 nitrogen and oxygen atoms in total. The number of carbonyl (C=O) groups is 1. The van der Waals surface area contributed by atoms with E-state index in [1.807, 2.05) is 11.7 Å². The third kappa shape index (κ3) is 6.17. The lowest BCUT2D eigenvalue weighted by Crippen LogP contribution is -2.00. The van der Waals surface area contributed by atoms with Gasteiger partial charge in [0.15, 0.2) is 5.78 Å². The van der Waals surface area contributed by atoms with Gasteiger partial charge in [-0.3, -0.25) is 4.79 Å². The highest BCUT2D eigenvalue weighted by atomic mass is 32.2. The van der Waals surface area contributed by atoms with E-state index >= 15 is 0 Å². The summed E-state index contributed by atoms with van der Waals surface area (Å²) in [5.74, 6) is 0.766. The van der Waals surface area contributed by atoms with Gasteiger partial charge in [-0.15, -0.1) is 11.8 Å². The molecule has 0 aliphatic heterocycles. The van der Waals surface area contributed by atoms with Crippen molar-refractivity contribution in [3.05, 3.63) is 11.5 Å². The van der Waals surface area contributed by atoms with Crippen molar-refractivity contribution in [1.29, 1.82) is 0 Å². The van der Waals surface area contributed by atoms with Gasteiger partial charge in [0.2, 0.25) is 0 Å². The predicted molar refractivity (Wildman–Crippen MR) is 51.7 cm³/mol. The van der Waals surface area contributed by atoms with Crippen molar-refractivity contribution >= 4 is 17.5 Å². The molecule has 11 heavy (non-hydrogen) atoms. The summed E-state index contributed by atoms with van der Waals surface area (Å²) in [6.45, 7) is 4.21. The van der Waals surface area contributed by atoms with E-state index in [2.05, 4.69) is 13.8 Å². The van der Waals surface area contributed by atoms with Gasteiger partial charge >= 0.3 is 0 Å². The molecule has 1 atom stereocenters. The summed E-state index contributed by atoms with van der Waals surface area (Å²) in [7, 11) is 0. The van der Waals surface area contributed by atoms with Crippen LogP contribution >= 0.6 is 11.8 Å². The van der Waals surface area contributed by atoms with Gasteiger partial charge < -0.3 is 0 Å². The third-order valence-corrected chi connectivity index (χ3v) is 2.04. The van der Waals surface area contributed by atoms with Crippen LogP contribution in [0.15, 0.2) is 11.5 Å². The van der Waals surface area contributed by atoms with E-state index in [1.165, 1.54) is 0 Å². The standard InChI is InChI=1S/C9H16OS/c1-4-8(2)7-9(10)5-6-11-3/h5-6,8H,4,7H2,1-3H3/b6-5+. The minimum Gasteiger partial charge on any atom is -0.295 e. The van der Waals surface area contributed by atoms with E-state index < -0.39 is 0 Å². The van der Waals surface area contributed by atoms with Gasteiger partial charge in [-0.25, -0.2) is 0 Å². The Balaban J connectivity index is 3.60. The summed E-state index contributed by atoms with van der Waals surface area (Å²) in [5.41, 5.74) is 0. The highest BCUT2D eigenvalue weighted by molar-refractivity contribution is 8.01. The van der Waals surface area contributed by atoms with Crippen LogP contribution in [0.3, 0.4) is 0 Å². The number of rotatable bonds is 5. The molecule has 2 heteroatoms. The molecule has 64 valence electrons. The van der Waals surface area contributed by atoms with Crippen LogP contribution in [0.5, 0.6) is 0 Å². The zero-order valence-corrected chi connectivity index (χ0v) is 8.28. The molecule has 0 rings (SSSR count). The summed E-state index contributed by atoms with van der Waals surface area (Å²) in [5, 5.41) is 1.84.